The molecule has 1 rings (SSSR count). The molecule has 1 unspecified atom stereocenters. The average molecular weight is 187 g/mol. The van der Waals surface area contributed by atoms with Crippen LogP contribution in [0.3, 0.4) is 0 Å². The van der Waals surface area contributed by atoms with Crippen molar-refractivity contribution in [2.24, 2.45) is 10.7 Å². The Labute approximate surface area is 74.2 Å². The zero-order valence-corrected chi connectivity index (χ0v) is 7.30. The summed E-state index contributed by atoms with van der Waals surface area (Å²) in [5.41, 5.74) is 4.61. The Morgan fingerprint density at radius 1 is 1.54 bits per heavy atom. The van der Waals surface area contributed by atoms with Gasteiger partial charge in [0, 0.05) is 0 Å². The smallest absolute Gasteiger partial charge is 0.291 e. The van der Waals surface area contributed by atoms with Crippen LogP contribution >= 0.6 is 0 Å². The molecule has 1 atom stereocenters. The maximum absolute atomic E-state index is 12.6. The van der Waals surface area contributed by atoms with E-state index >= 15 is 0 Å². The molecule has 0 aromatic rings. The highest BCUT2D eigenvalue weighted by atomic mass is 19.1. The van der Waals surface area contributed by atoms with Crippen LogP contribution in [0, 0.1) is 0 Å². The fraction of sp³-hybridized carbons (Fsp3) is 0.571. The Bertz CT molecular complexity index is 293. The maximum atomic E-state index is 12.6. The number of amides is 2. The number of nitrogens with two attached hydrogens (primary N) is 1. The molecule has 1 aliphatic heterocycles. The van der Waals surface area contributed by atoms with Crippen LogP contribution in [0.15, 0.2) is 4.99 Å². The molecular weight excluding hydrogens is 177 g/mol. The van der Waals surface area contributed by atoms with Crippen LogP contribution in [0.1, 0.15) is 13.8 Å². The largest absolute Gasteiger partial charge is 0.319 e. The van der Waals surface area contributed by atoms with Crippen LogP contribution in [0.4, 0.5) is 4.39 Å². The molecule has 0 aromatic carbocycles. The van der Waals surface area contributed by atoms with Gasteiger partial charge >= 0.3 is 0 Å². The molecule has 0 fully saturated rings. The van der Waals surface area contributed by atoms with Crippen LogP contribution in [-0.4, -0.2) is 29.4 Å². The van der Waals surface area contributed by atoms with Gasteiger partial charge in [0.15, 0.2) is 0 Å². The summed E-state index contributed by atoms with van der Waals surface area (Å²) in [4.78, 5) is 24.9. The highest BCUT2D eigenvalue weighted by molar-refractivity contribution is 6.19. The van der Waals surface area contributed by atoms with E-state index in [0.717, 1.165) is 0 Å². The number of halogens is 1. The molecule has 3 N–H and O–H groups in total. The number of rotatable bonds is 1. The third kappa shape index (κ3) is 1.89. The molecule has 0 aromatic heterocycles. The highest BCUT2D eigenvalue weighted by Gasteiger charge is 2.35. The zero-order valence-electron chi connectivity index (χ0n) is 7.30. The minimum absolute atomic E-state index is 0.00333. The first-order valence-electron chi connectivity index (χ1n) is 3.69. The third-order valence-corrected chi connectivity index (χ3v) is 1.52. The summed E-state index contributed by atoms with van der Waals surface area (Å²) >= 11 is 0. The third-order valence-electron chi connectivity index (χ3n) is 1.52. The first kappa shape index (κ1) is 9.79. The van der Waals surface area contributed by atoms with Gasteiger partial charge in [-0.05, 0) is 13.8 Å². The lowest BCUT2D eigenvalue weighted by Crippen LogP contribution is -2.56. The van der Waals surface area contributed by atoms with E-state index in [4.69, 9.17) is 5.73 Å². The van der Waals surface area contributed by atoms with Gasteiger partial charge in [0.05, 0.1) is 5.54 Å². The van der Waals surface area contributed by atoms with Crippen LogP contribution in [0.5, 0.6) is 0 Å². The van der Waals surface area contributed by atoms with E-state index in [0.29, 0.717) is 0 Å². The molecule has 0 aliphatic carbocycles. The van der Waals surface area contributed by atoms with Gasteiger partial charge in [-0.1, -0.05) is 0 Å². The molecular formula is C7H10FN3O2. The molecule has 5 nitrogen and oxygen atoms in total. The first-order valence-corrected chi connectivity index (χ1v) is 3.69. The van der Waals surface area contributed by atoms with E-state index < -0.39 is 23.5 Å². The van der Waals surface area contributed by atoms with E-state index in [2.05, 4.69) is 10.3 Å². The predicted molar refractivity (Wildman–Crippen MR) is 43.7 cm³/mol. The molecule has 1 aliphatic rings. The Morgan fingerprint density at radius 2 is 2.08 bits per heavy atom. The summed E-state index contributed by atoms with van der Waals surface area (Å²) < 4.78 is 12.6. The summed E-state index contributed by atoms with van der Waals surface area (Å²) in [7, 11) is 0. The maximum Gasteiger partial charge on any atom is 0.291 e. The van der Waals surface area contributed by atoms with Gasteiger partial charge in [0.1, 0.15) is 5.84 Å². The molecule has 72 valence electrons. The van der Waals surface area contributed by atoms with Gasteiger partial charge < -0.3 is 11.1 Å². The Hall–Kier alpha value is -1.30. The molecule has 0 saturated heterocycles. The number of carbonyl (C=O) groups is 2. The number of amidine groups is 1. The number of hydrogen-bond donors (Lipinski definition) is 2. The van der Waals surface area contributed by atoms with Crippen molar-refractivity contribution in [3.8, 4) is 0 Å². The van der Waals surface area contributed by atoms with Crippen molar-refractivity contribution in [1.82, 2.24) is 5.32 Å². The Balaban J connectivity index is 2.99. The summed E-state index contributed by atoms with van der Waals surface area (Å²) in [5, 5.41) is 2.13. The van der Waals surface area contributed by atoms with E-state index in [1.807, 2.05) is 0 Å². The lowest BCUT2D eigenvalue weighted by molar-refractivity contribution is -0.134. The Morgan fingerprint density at radius 3 is 2.46 bits per heavy atom. The second-order valence-electron chi connectivity index (χ2n) is 3.37. The molecule has 13 heavy (non-hydrogen) atoms. The zero-order chi connectivity index (χ0) is 10.2. The van der Waals surface area contributed by atoms with Crippen molar-refractivity contribution in [3.05, 3.63) is 0 Å². The van der Waals surface area contributed by atoms with E-state index in [9.17, 15) is 14.0 Å². The molecule has 2 amide bonds. The number of aliphatic imine (C=N–C) groups is 1. The quantitative estimate of drug-likeness (QED) is 0.522. The number of nitrogens with zero attached hydrogens (tertiary/aromatic N) is 1. The standard InChI is InChI=1S/C7H10FN3O2/c1-7(2,9)6-10-4(12)3(8)5(13)11-6/h3H,9H2,1-2H3,(H,10,11,12,13). The summed E-state index contributed by atoms with van der Waals surface area (Å²) in [6, 6.07) is 0. The van der Waals surface area contributed by atoms with E-state index in [1.165, 1.54) is 0 Å². The highest BCUT2D eigenvalue weighted by Crippen LogP contribution is 2.07. The molecule has 0 spiro atoms. The fourth-order valence-corrected chi connectivity index (χ4v) is 0.792. The minimum atomic E-state index is -2.20. The summed E-state index contributed by atoms with van der Waals surface area (Å²) in [5.74, 6) is -2.11. The number of hydrogen-bond acceptors (Lipinski definition) is 3. The molecule has 6 heteroatoms. The second-order valence-corrected chi connectivity index (χ2v) is 3.37. The average Bonchev–Trinajstić information content (AvgIpc) is 1.97. The van der Waals surface area contributed by atoms with Crippen molar-refractivity contribution in [1.29, 1.82) is 0 Å². The van der Waals surface area contributed by atoms with E-state index in [-0.39, 0.29) is 5.84 Å². The normalized spacial score (nSPS) is 24.0. The van der Waals surface area contributed by atoms with E-state index in [1.54, 1.807) is 13.8 Å². The van der Waals surface area contributed by atoms with Crippen LogP contribution < -0.4 is 11.1 Å². The lowest BCUT2D eigenvalue weighted by atomic mass is 10.0. The van der Waals surface area contributed by atoms with Crippen LogP contribution in [0.25, 0.3) is 0 Å². The molecule has 0 radical (unpaired) electrons. The van der Waals surface area contributed by atoms with Gasteiger partial charge in [0.25, 0.3) is 18.0 Å². The van der Waals surface area contributed by atoms with Gasteiger partial charge in [0.2, 0.25) is 0 Å². The van der Waals surface area contributed by atoms with Gasteiger partial charge in [-0.2, -0.15) is 4.99 Å². The SMILES string of the molecule is CC(C)(N)C1=NC(=O)C(F)C(=O)N1. The van der Waals surface area contributed by atoms with Crippen molar-refractivity contribution in [2.45, 2.75) is 25.6 Å². The van der Waals surface area contributed by atoms with Gasteiger partial charge in [-0.25, -0.2) is 4.39 Å². The lowest BCUT2D eigenvalue weighted by Gasteiger charge is -2.24. The predicted octanol–water partition coefficient (Wildman–Crippen LogP) is -0.883. The van der Waals surface area contributed by atoms with Gasteiger partial charge in [-0.15, -0.1) is 0 Å². The van der Waals surface area contributed by atoms with Crippen molar-refractivity contribution in [2.75, 3.05) is 0 Å². The first-order chi connectivity index (χ1) is 5.82. The minimum Gasteiger partial charge on any atom is -0.319 e. The van der Waals surface area contributed by atoms with Crippen molar-refractivity contribution in [3.63, 3.8) is 0 Å². The monoisotopic (exact) mass is 187 g/mol. The number of carbonyl (C=O) groups excluding carboxylic acids is 2. The van der Waals surface area contributed by atoms with Gasteiger partial charge in [-0.3, -0.25) is 9.59 Å². The second kappa shape index (κ2) is 2.88. The van der Waals surface area contributed by atoms with Crippen LogP contribution in [0.2, 0.25) is 0 Å². The van der Waals surface area contributed by atoms with Crippen molar-refractivity contribution >= 4 is 17.6 Å². The molecule has 0 saturated carbocycles. The number of nitrogens with one attached hydrogen (secondary N) is 1. The molecule has 0 bridgehead atoms. The topological polar surface area (TPSA) is 84.5 Å². The fourth-order valence-electron chi connectivity index (χ4n) is 0.792. The summed E-state index contributed by atoms with van der Waals surface area (Å²) in [6.07, 6.45) is -2.20. The molecule has 1 heterocycles. The van der Waals surface area contributed by atoms with Crippen LogP contribution in [-0.2, 0) is 9.59 Å². The van der Waals surface area contributed by atoms with Crippen molar-refractivity contribution < 1.29 is 14.0 Å². The number of alkyl halides is 1. The summed E-state index contributed by atoms with van der Waals surface area (Å²) in [6.45, 7) is 3.11. The Kier molecular flexibility index (Phi) is 2.17.